The van der Waals surface area contributed by atoms with Crippen molar-refractivity contribution in [3.05, 3.63) is 59.7 Å². The maximum absolute atomic E-state index is 12.4. The van der Waals surface area contributed by atoms with Crippen LogP contribution in [0.3, 0.4) is 0 Å². The highest BCUT2D eigenvalue weighted by Crippen LogP contribution is 2.34. The second kappa shape index (κ2) is 12.9. The van der Waals surface area contributed by atoms with Crippen LogP contribution in [0.25, 0.3) is 0 Å². The van der Waals surface area contributed by atoms with Crippen molar-refractivity contribution >= 4 is 17.6 Å². The normalized spacial score (nSPS) is 13.8. The highest BCUT2D eigenvalue weighted by atomic mass is 16.5. The first-order valence-electron chi connectivity index (χ1n) is 11.9. The van der Waals surface area contributed by atoms with Crippen molar-refractivity contribution < 1.29 is 14.3 Å². The van der Waals surface area contributed by atoms with Gasteiger partial charge in [0, 0.05) is 30.7 Å². The number of amides is 3. The van der Waals surface area contributed by atoms with Gasteiger partial charge in [0.15, 0.2) is 0 Å². The van der Waals surface area contributed by atoms with Crippen molar-refractivity contribution in [2.45, 2.75) is 59.9 Å². The minimum atomic E-state index is -0.273. The summed E-state index contributed by atoms with van der Waals surface area (Å²) in [6.45, 7) is 10.8. The Hall–Kier alpha value is -3.02. The molecule has 6 heteroatoms. The van der Waals surface area contributed by atoms with E-state index in [1.807, 2.05) is 53.4 Å². The van der Waals surface area contributed by atoms with E-state index in [1.165, 1.54) is 6.42 Å². The molecule has 0 spiro atoms. The first-order chi connectivity index (χ1) is 15.8. The molecule has 1 aliphatic heterocycles. The second-order valence-electron chi connectivity index (χ2n) is 9.05. The van der Waals surface area contributed by atoms with Gasteiger partial charge in [-0.1, -0.05) is 64.8 Å². The van der Waals surface area contributed by atoms with Crippen LogP contribution < -0.4 is 15.4 Å². The number of nitrogens with one attached hydrogen (secondary N) is 2. The second-order valence-corrected chi connectivity index (χ2v) is 9.05. The maximum atomic E-state index is 12.4. The number of carbonyl (C=O) groups excluding carboxylic acids is 2. The monoisotopic (exact) mass is 453 g/mol. The average molecular weight is 454 g/mol. The highest BCUT2D eigenvalue weighted by molar-refractivity contribution is 5.89. The van der Waals surface area contributed by atoms with Gasteiger partial charge in [0.05, 0.1) is 13.5 Å². The van der Waals surface area contributed by atoms with E-state index in [9.17, 15) is 9.59 Å². The molecule has 1 heterocycles. The zero-order valence-corrected chi connectivity index (χ0v) is 20.7. The third kappa shape index (κ3) is 8.44. The number of nitrogens with zero attached hydrogens (tertiary/aromatic N) is 1. The number of methoxy groups -OCH3 is 1. The van der Waals surface area contributed by atoms with Crippen molar-refractivity contribution in [1.29, 1.82) is 0 Å². The molecular weight excluding hydrogens is 414 g/mol. The molecule has 0 radical (unpaired) electrons. The van der Waals surface area contributed by atoms with Gasteiger partial charge in [-0.3, -0.25) is 4.79 Å². The molecule has 1 saturated heterocycles. The van der Waals surface area contributed by atoms with Gasteiger partial charge in [0.1, 0.15) is 5.75 Å². The average Bonchev–Trinajstić information content (AvgIpc) is 2.78. The molecule has 0 aromatic heterocycles. The predicted octanol–water partition coefficient (Wildman–Crippen LogP) is 5.62. The Bertz CT molecular complexity index is 872. The molecule has 6 nitrogen and oxygen atoms in total. The van der Waals surface area contributed by atoms with Crippen molar-refractivity contribution in [2.75, 3.05) is 25.5 Å². The van der Waals surface area contributed by atoms with Crippen molar-refractivity contribution in [2.24, 2.45) is 5.41 Å². The van der Waals surface area contributed by atoms with Gasteiger partial charge in [0.2, 0.25) is 5.91 Å². The quantitative estimate of drug-likeness (QED) is 0.545. The predicted molar refractivity (Wildman–Crippen MR) is 135 cm³/mol. The fourth-order valence-electron chi connectivity index (χ4n) is 3.91. The molecule has 0 saturated carbocycles. The number of benzene rings is 2. The highest BCUT2D eigenvalue weighted by Gasteiger charge is 2.39. The number of rotatable bonds is 8. The van der Waals surface area contributed by atoms with E-state index in [1.54, 1.807) is 7.11 Å². The molecule has 3 amide bonds. The number of hydrogen-bond acceptors (Lipinski definition) is 3. The van der Waals surface area contributed by atoms with Crippen LogP contribution in [-0.2, 0) is 17.8 Å². The topological polar surface area (TPSA) is 70.7 Å². The molecule has 33 heavy (non-hydrogen) atoms. The van der Waals surface area contributed by atoms with Gasteiger partial charge in [-0.2, -0.15) is 0 Å². The molecule has 0 aliphatic carbocycles. The van der Waals surface area contributed by atoms with Gasteiger partial charge in [0.25, 0.3) is 0 Å². The first kappa shape index (κ1) is 26.2. The lowest BCUT2D eigenvalue weighted by Gasteiger charge is -2.48. The van der Waals surface area contributed by atoms with Crippen LogP contribution in [0.15, 0.2) is 48.5 Å². The Morgan fingerprint density at radius 1 is 0.970 bits per heavy atom. The Balaban J connectivity index is 0.00000122. The van der Waals surface area contributed by atoms with Gasteiger partial charge in [-0.05, 0) is 41.8 Å². The van der Waals surface area contributed by atoms with Crippen LogP contribution >= 0.6 is 0 Å². The molecule has 0 unspecified atom stereocenters. The molecule has 180 valence electrons. The zero-order chi connectivity index (χ0) is 24.3. The van der Waals surface area contributed by atoms with E-state index in [0.717, 1.165) is 42.8 Å². The van der Waals surface area contributed by atoms with Crippen molar-refractivity contribution in [1.82, 2.24) is 10.2 Å². The molecule has 0 bridgehead atoms. The van der Waals surface area contributed by atoms with Crippen LogP contribution in [0.2, 0.25) is 0 Å². The zero-order valence-electron chi connectivity index (χ0n) is 20.7. The summed E-state index contributed by atoms with van der Waals surface area (Å²) in [7, 11) is 1.62. The number of ether oxygens (including phenoxy) is 1. The van der Waals surface area contributed by atoms with E-state index < -0.39 is 0 Å². The number of likely N-dealkylation sites (tertiary alicyclic amines) is 1. The summed E-state index contributed by atoms with van der Waals surface area (Å²) in [6.07, 6.45) is 3.96. The van der Waals surface area contributed by atoms with E-state index in [4.69, 9.17) is 4.74 Å². The molecule has 1 fully saturated rings. The Morgan fingerprint density at radius 2 is 1.55 bits per heavy atom. The number of urea groups is 1. The van der Waals surface area contributed by atoms with Gasteiger partial charge < -0.3 is 20.3 Å². The number of hydrogen-bond donors (Lipinski definition) is 2. The summed E-state index contributed by atoms with van der Waals surface area (Å²) >= 11 is 0. The van der Waals surface area contributed by atoms with E-state index in [2.05, 4.69) is 38.3 Å². The summed E-state index contributed by atoms with van der Waals surface area (Å²) in [5.74, 6) is 0.951. The summed E-state index contributed by atoms with van der Waals surface area (Å²) in [5, 5.41) is 5.64. The molecule has 0 atom stereocenters. The molecule has 2 aromatic carbocycles. The fourth-order valence-corrected chi connectivity index (χ4v) is 3.91. The number of anilines is 1. The van der Waals surface area contributed by atoms with Crippen LogP contribution in [0, 0.1) is 5.41 Å². The summed E-state index contributed by atoms with van der Waals surface area (Å²) in [5.41, 5.74) is 2.92. The lowest BCUT2D eigenvalue weighted by molar-refractivity contribution is -0.142. The largest absolute Gasteiger partial charge is 0.497 e. The van der Waals surface area contributed by atoms with Crippen LogP contribution in [-0.4, -0.2) is 37.0 Å². The SMILES string of the molecule is CCC.CCCC1(C)CN(C(=O)Cc2ccc(NC(=O)NCc3ccc(OC)cc3)cc2)C1. The van der Waals surface area contributed by atoms with Crippen LogP contribution in [0.4, 0.5) is 10.5 Å². The van der Waals surface area contributed by atoms with Gasteiger partial charge in [-0.15, -0.1) is 0 Å². The summed E-state index contributed by atoms with van der Waals surface area (Å²) in [6, 6.07) is 14.7. The van der Waals surface area contributed by atoms with Gasteiger partial charge in [-0.25, -0.2) is 4.79 Å². The van der Waals surface area contributed by atoms with E-state index in [-0.39, 0.29) is 17.4 Å². The van der Waals surface area contributed by atoms with Crippen molar-refractivity contribution in [3.8, 4) is 5.75 Å². The maximum Gasteiger partial charge on any atom is 0.319 e. The minimum Gasteiger partial charge on any atom is -0.497 e. The van der Waals surface area contributed by atoms with Crippen LogP contribution in [0.5, 0.6) is 5.75 Å². The summed E-state index contributed by atoms with van der Waals surface area (Å²) in [4.78, 5) is 26.5. The molecule has 3 rings (SSSR count). The van der Waals surface area contributed by atoms with E-state index >= 15 is 0 Å². The third-order valence-electron chi connectivity index (χ3n) is 5.53. The minimum absolute atomic E-state index is 0.168. The summed E-state index contributed by atoms with van der Waals surface area (Å²) < 4.78 is 5.13. The Kier molecular flexibility index (Phi) is 10.2. The van der Waals surface area contributed by atoms with Crippen molar-refractivity contribution in [3.63, 3.8) is 0 Å². The molecule has 1 aliphatic rings. The molecule has 2 N–H and O–H groups in total. The van der Waals surface area contributed by atoms with E-state index in [0.29, 0.717) is 18.7 Å². The lowest BCUT2D eigenvalue weighted by atomic mass is 9.78. The fraction of sp³-hybridized carbons (Fsp3) is 0.481. The van der Waals surface area contributed by atoms with Gasteiger partial charge >= 0.3 is 6.03 Å². The number of carbonyl (C=O) groups is 2. The third-order valence-corrected chi connectivity index (χ3v) is 5.53. The molecular formula is C27H39N3O3. The van der Waals surface area contributed by atoms with Crippen LogP contribution in [0.1, 0.15) is 58.1 Å². The smallest absolute Gasteiger partial charge is 0.319 e. The Morgan fingerprint density at radius 3 is 2.09 bits per heavy atom. The first-order valence-corrected chi connectivity index (χ1v) is 11.9. The lowest BCUT2D eigenvalue weighted by Crippen LogP contribution is -2.57. The molecule has 2 aromatic rings. The standard InChI is InChI=1S/C24H31N3O3.C3H8/c1-4-13-24(2)16-27(17-24)22(28)14-18-5-9-20(10-6-18)26-23(29)25-15-19-7-11-21(30-3)12-8-19;1-3-2/h5-12H,4,13-17H2,1-3H3,(H2,25,26,29);3H2,1-2H3. The Labute approximate surface area is 198 Å².